The Morgan fingerprint density at radius 1 is 1.33 bits per heavy atom. The number of nitrogens with two attached hydrogens (primary N) is 1. The fourth-order valence-electron chi connectivity index (χ4n) is 2.45. The maximum absolute atomic E-state index is 10.8. The number of aromatic carboxylic acids is 1. The molecule has 4 nitrogen and oxygen atoms in total. The van der Waals surface area contributed by atoms with Gasteiger partial charge in [0.1, 0.15) is 0 Å². The van der Waals surface area contributed by atoms with Gasteiger partial charge in [0.15, 0.2) is 0 Å². The molecular formula is C14H20N2O2. The standard InChI is InChI=1S/C14H20N2O2/c1-9-2-5-11(6-3-9)16-13-7-4-10(14(17)18)8-12(13)15/h4,7-9,11,16H,2-3,5-6,15H2,1H3,(H,17,18). The maximum Gasteiger partial charge on any atom is 0.335 e. The largest absolute Gasteiger partial charge is 0.478 e. The lowest BCUT2D eigenvalue weighted by molar-refractivity contribution is 0.0697. The van der Waals surface area contributed by atoms with Crippen molar-refractivity contribution < 1.29 is 9.90 Å². The van der Waals surface area contributed by atoms with Crippen molar-refractivity contribution in [3.63, 3.8) is 0 Å². The Labute approximate surface area is 107 Å². The molecule has 1 aromatic rings. The van der Waals surface area contributed by atoms with Crippen LogP contribution in [0.2, 0.25) is 0 Å². The summed E-state index contributed by atoms with van der Waals surface area (Å²) in [4.78, 5) is 10.8. The van der Waals surface area contributed by atoms with E-state index in [0.29, 0.717) is 11.7 Å². The molecule has 1 fully saturated rings. The zero-order valence-corrected chi connectivity index (χ0v) is 10.6. The minimum atomic E-state index is -0.945. The molecule has 0 saturated heterocycles. The van der Waals surface area contributed by atoms with Gasteiger partial charge in [-0.05, 0) is 49.8 Å². The molecular weight excluding hydrogens is 228 g/mol. The van der Waals surface area contributed by atoms with E-state index < -0.39 is 5.97 Å². The van der Waals surface area contributed by atoms with Crippen LogP contribution in [0.25, 0.3) is 0 Å². The molecule has 0 unspecified atom stereocenters. The van der Waals surface area contributed by atoms with Crippen LogP contribution in [0.3, 0.4) is 0 Å². The summed E-state index contributed by atoms with van der Waals surface area (Å²) in [6.07, 6.45) is 4.79. The third-order valence-electron chi connectivity index (χ3n) is 3.67. The van der Waals surface area contributed by atoms with E-state index in [1.54, 1.807) is 12.1 Å². The molecule has 4 N–H and O–H groups in total. The zero-order chi connectivity index (χ0) is 13.1. The van der Waals surface area contributed by atoms with Gasteiger partial charge in [0.2, 0.25) is 0 Å². The number of rotatable bonds is 3. The van der Waals surface area contributed by atoms with E-state index in [1.807, 2.05) is 0 Å². The summed E-state index contributed by atoms with van der Waals surface area (Å²) < 4.78 is 0. The van der Waals surface area contributed by atoms with E-state index in [9.17, 15) is 4.79 Å². The van der Waals surface area contributed by atoms with Crippen molar-refractivity contribution >= 4 is 17.3 Å². The van der Waals surface area contributed by atoms with Crippen LogP contribution in [-0.2, 0) is 0 Å². The Hall–Kier alpha value is -1.71. The first kappa shape index (κ1) is 12.7. The molecule has 98 valence electrons. The average molecular weight is 248 g/mol. The fraction of sp³-hybridized carbons (Fsp3) is 0.500. The second kappa shape index (κ2) is 5.29. The molecule has 0 bridgehead atoms. The summed E-state index contributed by atoms with van der Waals surface area (Å²) >= 11 is 0. The second-order valence-corrected chi connectivity index (χ2v) is 5.21. The average Bonchev–Trinajstić information content (AvgIpc) is 2.34. The molecule has 0 aliphatic heterocycles. The minimum absolute atomic E-state index is 0.232. The van der Waals surface area contributed by atoms with E-state index in [1.165, 1.54) is 18.9 Å². The van der Waals surface area contributed by atoms with Gasteiger partial charge in [-0.15, -0.1) is 0 Å². The first-order valence-electron chi connectivity index (χ1n) is 6.45. The SMILES string of the molecule is CC1CCC(Nc2ccc(C(=O)O)cc2N)CC1. The van der Waals surface area contributed by atoms with Gasteiger partial charge in [-0.1, -0.05) is 6.92 Å². The maximum atomic E-state index is 10.8. The predicted molar refractivity (Wildman–Crippen MR) is 72.9 cm³/mol. The topological polar surface area (TPSA) is 75.3 Å². The second-order valence-electron chi connectivity index (χ2n) is 5.21. The molecule has 0 spiro atoms. The van der Waals surface area contributed by atoms with Gasteiger partial charge in [-0.3, -0.25) is 0 Å². The van der Waals surface area contributed by atoms with Gasteiger partial charge in [0.25, 0.3) is 0 Å². The Bertz CT molecular complexity index is 437. The molecule has 0 atom stereocenters. The number of nitrogens with one attached hydrogen (secondary N) is 1. The van der Waals surface area contributed by atoms with Crippen molar-refractivity contribution in [2.75, 3.05) is 11.1 Å². The number of anilines is 2. The van der Waals surface area contributed by atoms with Gasteiger partial charge >= 0.3 is 5.97 Å². The minimum Gasteiger partial charge on any atom is -0.478 e. The molecule has 0 radical (unpaired) electrons. The Morgan fingerprint density at radius 3 is 2.56 bits per heavy atom. The predicted octanol–water partition coefficient (Wildman–Crippen LogP) is 2.96. The van der Waals surface area contributed by atoms with E-state index in [4.69, 9.17) is 10.8 Å². The van der Waals surface area contributed by atoms with Gasteiger partial charge in [0.05, 0.1) is 16.9 Å². The first-order valence-corrected chi connectivity index (χ1v) is 6.45. The summed E-state index contributed by atoms with van der Waals surface area (Å²) in [6.45, 7) is 2.28. The van der Waals surface area contributed by atoms with Gasteiger partial charge in [0, 0.05) is 6.04 Å². The van der Waals surface area contributed by atoms with Crippen molar-refractivity contribution in [1.29, 1.82) is 0 Å². The monoisotopic (exact) mass is 248 g/mol. The number of hydrogen-bond donors (Lipinski definition) is 3. The fourth-order valence-corrected chi connectivity index (χ4v) is 2.45. The molecule has 1 saturated carbocycles. The number of carboxylic acids is 1. The number of hydrogen-bond acceptors (Lipinski definition) is 3. The molecule has 18 heavy (non-hydrogen) atoms. The number of carboxylic acid groups (broad SMARTS) is 1. The van der Waals surface area contributed by atoms with Crippen molar-refractivity contribution in [2.45, 2.75) is 38.6 Å². The summed E-state index contributed by atoms with van der Waals surface area (Å²) in [5.41, 5.74) is 7.46. The highest BCUT2D eigenvalue weighted by atomic mass is 16.4. The van der Waals surface area contributed by atoms with Crippen LogP contribution in [0.4, 0.5) is 11.4 Å². The van der Waals surface area contributed by atoms with Gasteiger partial charge in [-0.25, -0.2) is 4.79 Å². The van der Waals surface area contributed by atoms with Crippen LogP contribution in [0, 0.1) is 5.92 Å². The van der Waals surface area contributed by atoms with Crippen LogP contribution in [0.1, 0.15) is 43.0 Å². The third-order valence-corrected chi connectivity index (χ3v) is 3.67. The molecule has 2 rings (SSSR count). The van der Waals surface area contributed by atoms with Crippen molar-refractivity contribution in [3.8, 4) is 0 Å². The highest BCUT2D eigenvalue weighted by Gasteiger charge is 2.18. The quantitative estimate of drug-likeness (QED) is 0.719. The highest BCUT2D eigenvalue weighted by Crippen LogP contribution is 2.28. The highest BCUT2D eigenvalue weighted by molar-refractivity contribution is 5.90. The molecule has 0 heterocycles. The van der Waals surface area contributed by atoms with Crippen LogP contribution < -0.4 is 11.1 Å². The lowest BCUT2D eigenvalue weighted by atomic mass is 9.87. The van der Waals surface area contributed by atoms with Gasteiger partial charge in [-0.2, -0.15) is 0 Å². The van der Waals surface area contributed by atoms with E-state index in [0.717, 1.165) is 24.4 Å². The van der Waals surface area contributed by atoms with Crippen LogP contribution in [0.5, 0.6) is 0 Å². The van der Waals surface area contributed by atoms with Crippen molar-refractivity contribution in [2.24, 2.45) is 5.92 Å². The Morgan fingerprint density at radius 2 is 2.00 bits per heavy atom. The normalized spacial score (nSPS) is 23.6. The first-order chi connectivity index (χ1) is 8.56. The molecule has 0 amide bonds. The van der Waals surface area contributed by atoms with E-state index in [-0.39, 0.29) is 5.56 Å². The third kappa shape index (κ3) is 2.94. The molecule has 4 heteroatoms. The number of benzene rings is 1. The molecule has 1 aliphatic rings. The lowest BCUT2D eigenvalue weighted by Gasteiger charge is -2.28. The van der Waals surface area contributed by atoms with Crippen molar-refractivity contribution in [3.05, 3.63) is 23.8 Å². The Kier molecular flexibility index (Phi) is 3.75. The van der Waals surface area contributed by atoms with Crippen molar-refractivity contribution in [1.82, 2.24) is 0 Å². The lowest BCUT2D eigenvalue weighted by Crippen LogP contribution is -2.25. The zero-order valence-electron chi connectivity index (χ0n) is 10.6. The van der Waals surface area contributed by atoms with E-state index >= 15 is 0 Å². The smallest absolute Gasteiger partial charge is 0.335 e. The van der Waals surface area contributed by atoms with Crippen LogP contribution in [0.15, 0.2) is 18.2 Å². The number of carbonyl (C=O) groups is 1. The Balaban J connectivity index is 2.03. The van der Waals surface area contributed by atoms with Crippen LogP contribution >= 0.6 is 0 Å². The number of nitrogen functional groups attached to an aromatic ring is 1. The molecule has 1 aromatic carbocycles. The van der Waals surface area contributed by atoms with Crippen LogP contribution in [-0.4, -0.2) is 17.1 Å². The summed E-state index contributed by atoms with van der Waals surface area (Å²) in [7, 11) is 0. The van der Waals surface area contributed by atoms with E-state index in [2.05, 4.69) is 12.2 Å². The summed E-state index contributed by atoms with van der Waals surface area (Å²) in [5, 5.41) is 12.3. The van der Waals surface area contributed by atoms with Gasteiger partial charge < -0.3 is 16.2 Å². The molecule has 0 aromatic heterocycles. The summed E-state index contributed by atoms with van der Waals surface area (Å²) in [6, 6.07) is 5.32. The summed E-state index contributed by atoms with van der Waals surface area (Å²) in [5.74, 6) is -0.130. The molecule has 1 aliphatic carbocycles.